The zero-order valence-electron chi connectivity index (χ0n) is 16.4. The molecule has 0 spiro atoms. The summed E-state index contributed by atoms with van der Waals surface area (Å²) in [5.74, 6) is 0.748. The molecular weight excluding hydrogens is 398 g/mol. The highest BCUT2D eigenvalue weighted by molar-refractivity contribution is 6.34. The third kappa shape index (κ3) is 3.55. The first-order chi connectivity index (χ1) is 14.5. The summed E-state index contributed by atoms with van der Waals surface area (Å²) < 4.78 is 5.88. The molecule has 3 aromatic carbocycles. The van der Waals surface area contributed by atoms with Gasteiger partial charge in [-0.1, -0.05) is 41.9 Å². The van der Waals surface area contributed by atoms with E-state index in [0.29, 0.717) is 22.2 Å². The van der Waals surface area contributed by atoms with Crippen LogP contribution in [0.2, 0.25) is 5.02 Å². The molecule has 4 aromatic rings. The van der Waals surface area contributed by atoms with Gasteiger partial charge in [-0.25, -0.2) is 4.79 Å². The Labute approximate surface area is 179 Å². The van der Waals surface area contributed by atoms with E-state index < -0.39 is 5.97 Å². The van der Waals surface area contributed by atoms with E-state index in [4.69, 9.17) is 16.3 Å². The van der Waals surface area contributed by atoms with Crippen molar-refractivity contribution in [2.24, 2.45) is 0 Å². The van der Waals surface area contributed by atoms with Crippen LogP contribution in [0, 0.1) is 6.92 Å². The van der Waals surface area contributed by atoms with E-state index in [1.807, 2.05) is 18.2 Å². The fourth-order valence-corrected chi connectivity index (χ4v) is 4.05. The van der Waals surface area contributed by atoms with E-state index in [1.54, 1.807) is 19.1 Å². The van der Waals surface area contributed by atoms with Crippen molar-refractivity contribution in [2.45, 2.75) is 25.7 Å². The van der Waals surface area contributed by atoms with Gasteiger partial charge in [0.25, 0.3) is 0 Å². The SMILES string of the molecule is Cc1ccc(Oc2cc3cc(-c4ccc(C5CC5)cc4)c(Cl)cc3[nH]2)cc1C(=O)O. The molecule has 1 aliphatic carbocycles. The van der Waals surface area contributed by atoms with Gasteiger partial charge in [-0.3, -0.25) is 0 Å². The second kappa shape index (κ2) is 7.22. The van der Waals surface area contributed by atoms with E-state index >= 15 is 0 Å². The fraction of sp³-hybridized carbons (Fsp3) is 0.160. The average Bonchev–Trinajstić information content (AvgIpc) is 3.50. The molecule has 2 N–H and O–H groups in total. The Bertz CT molecular complexity index is 1270. The van der Waals surface area contributed by atoms with Gasteiger partial charge in [-0.15, -0.1) is 0 Å². The number of benzene rings is 3. The second-order valence-corrected chi connectivity index (χ2v) is 8.24. The largest absolute Gasteiger partial charge is 0.478 e. The van der Waals surface area contributed by atoms with Crippen LogP contribution >= 0.6 is 11.6 Å². The molecule has 1 heterocycles. The summed E-state index contributed by atoms with van der Waals surface area (Å²) in [6.45, 7) is 1.76. The molecule has 1 saturated carbocycles. The molecule has 4 nitrogen and oxygen atoms in total. The minimum Gasteiger partial charge on any atom is -0.478 e. The summed E-state index contributed by atoms with van der Waals surface area (Å²) in [5, 5.41) is 11.0. The first-order valence-corrected chi connectivity index (χ1v) is 10.3. The van der Waals surface area contributed by atoms with Crippen LogP contribution in [0.15, 0.2) is 60.7 Å². The van der Waals surface area contributed by atoms with Crippen LogP contribution in [0.3, 0.4) is 0 Å². The number of carboxylic acid groups (broad SMARTS) is 1. The molecule has 1 aliphatic rings. The number of hydrogen-bond donors (Lipinski definition) is 2. The third-order valence-corrected chi connectivity index (χ3v) is 5.93. The Balaban J connectivity index is 1.46. The lowest BCUT2D eigenvalue weighted by Crippen LogP contribution is -1.99. The molecule has 30 heavy (non-hydrogen) atoms. The maximum absolute atomic E-state index is 11.4. The number of nitrogens with one attached hydrogen (secondary N) is 1. The van der Waals surface area contributed by atoms with Crippen molar-refractivity contribution in [3.63, 3.8) is 0 Å². The number of carbonyl (C=O) groups is 1. The lowest BCUT2D eigenvalue weighted by Gasteiger charge is -2.06. The van der Waals surface area contributed by atoms with Crippen LogP contribution in [0.1, 0.15) is 40.2 Å². The Morgan fingerprint density at radius 2 is 1.83 bits per heavy atom. The molecule has 5 rings (SSSR count). The smallest absolute Gasteiger partial charge is 0.336 e. The number of aromatic amines is 1. The monoisotopic (exact) mass is 417 g/mol. The van der Waals surface area contributed by atoms with Gasteiger partial charge in [-0.05, 0) is 66.6 Å². The van der Waals surface area contributed by atoms with Crippen LogP contribution in [-0.2, 0) is 0 Å². The predicted octanol–water partition coefficient (Wildman–Crippen LogP) is 7.16. The van der Waals surface area contributed by atoms with Crippen molar-refractivity contribution in [1.29, 1.82) is 0 Å². The van der Waals surface area contributed by atoms with Gasteiger partial charge >= 0.3 is 5.97 Å². The third-order valence-electron chi connectivity index (χ3n) is 5.62. The Hall–Kier alpha value is -3.24. The van der Waals surface area contributed by atoms with E-state index in [1.165, 1.54) is 24.5 Å². The summed E-state index contributed by atoms with van der Waals surface area (Å²) in [4.78, 5) is 14.6. The normalized spacial score (nSPS) is 13.5. The number of ether oxygens (including phenoxy) is 1. The number of aryl methyl sites for hydroxylation is 1. The summed E-state index contributed by atoms with van der Waals surface area (Å²) in [5.41, 5.74) is 5.23. The van der Waals surface area contributed by atoms with Crippen molar-refractivity contribution in [1.82, 2.24) is 4.98 Å². The summed E-state index contributed by atoms with van der Waals surface area (Å²) in [7, 11) is 0. The van der Waals surface area contributed by atoms with Gasteiger partial charge in [0.15, 0.2) is 5.88 Å². The van der Waals surface area contributed by atoms with E-state index in [-0.39, 0.29) is 5.56 Å². The van der Waals surface area contributed by atoms with Crippen LogP contribution in [0.5, 0.6) is 11.6 Å². The molecule has 0 radical (unpaired) electrons. The number of aromatic carboxylic acids is 1. The molecule has 150 valence electrons. The van der Waals surface area contributed by atoms with Gasteiger partial charge < -0.3 is 14.8 Å². The minimum absolute atomic E-state index is 0.226. The predicted molar refractivity (Wildman–Crippen MR) is 119 cm³/mol. The summed E-state index contributed by atoms with van der Waals surface area (Å²) in [6.07, 6.45) is 2.57. The minimum atomic E-state index is -0.973. The maximum atomic E-state index is 11.4. The molecule has 0 bridgehead atoms. The van der Waals surface area contributed by atoms with Gasteiger partial charge in [0, 0.05) is 22.5 Å². The summed E-state index contributed by atoms with van der Waals surface area (Å²) >= 11 is 6.57. The lowest BCUT2D eigenvalue weighted by atomic mass is 10.0. The van der Waals surface area contributed by atoms with Crippen LogP contribution < -0.4 is 4.74 Å². The van der Waals surface area contributed by atoms with Gasteiger partial charge in [-0.2, -0.15) is 0 Å². The molecule has 1 fully saturated rings. The summed E-state index contributed by atoms with van der Waals surface area (Å²) in [6, 6.07) is 19.5. The van der Waals surface area contributed by atoms with E-state index in [9.17, 15) is 9.90 Å². The number of fused-ring (bicyclic) bond motifs is 1. The average molecular weight is 418 g/mol. The van der Waals surface area contributed by atoms with Crippen LogP contribution in [0.25, 0.3) is 22.0 Å². The Morgan fingerprint density at radius 1 is 1.07 bits per heavy atom. The zero-order valence-corrected chi connectivity index (χ0v) is 17.2. The molecule has 1 aromatic heterocycles. The van der Waals surface area contributed by atoms with Crippen molar-refractivity contribution in [2.75, 3.05) is 0 Å². The standard InChI is InChI=1S/C25H20ClNO3/c1-14-2-9-19(12-20(14)25(28)29)30-24-11-18-10-21(22(26)13-23(18)27-24)17-7-5-16(6-8-17)15-3-4-15/h2,5-13,15,27H,3-4H2,1H3,(H,28,29). The first kappa shape index (κ1) is 18.8. The maximum Gasteiger partial charge on any atom is 0.336 e. The molecule has 0 aliphatic heterocycles. The van der Waals surface area contributed by atoms with E-state index in [0.717, 1.165) is 27.9 Å². The number of H-pyrrole nitrogens is 1. The van der Waals surface area contributed by atoms with Crippen molar-refractivity contribution >= 4 is 28.5 Å². The number of carboxylic acids is 1. The molecule has 0 unspecified atom stereocenters. The highest BCUT2D eigenvalue weighted by Gasteiger charge is 2.23. The Kier molecular flexibility index (Phi) is 4.52. The Morgan fingerprint density at radius 3 is 2.53 bits per heavy atom. The van der Waals surface area contributed by atoms with Crippen molar-refractivity contribution < 1.29 is 14.6 Å². The van der Waals surface area contributed by atoms with Gasteiger partial charge in [0.2, 0.25) is 0 Å². The lowest BCUT2D eigenvalue weighted by molar-refractivity contribution is 0.0695. The molecule has 0 amide bonds. The highest BCUT2D eigenvalue weighted by atomic mass is 35.5. The zero-order chi connectivity index (χ0) is 20.8. The molecular formula is C25H20ClNO3. The van der Waals surface area contributed by atoms with Gasteiger partial charge in [0.1, 0.15) is 5.75 Å². The number of hydrogen-bond acceptors (Lipinski definition) is 2. The first-order valence-electron chi connectivity index (χ1n) is 9.92. The quantitative estimate of drug-likeness (QED) is 0.362. The van der Waals surface area contributed by atoms with E-state index in [2.05, 4.69) is 29.2 Å². The fourth-order valence-electron chi connectivity index (χ4n) is 3.78. The molecule has 5 heteroatoms. The van der Waals surface area contributed by atoms with Crippen molar-refractivity contribution in [3.05, 3.63) is 82.4 Å². The topological polar surface area (TPSA) is 62.3 Å². The van der Waals surface area contributed by atoms with Crippen molar-refractivity contribution in [3.8, 4) is 22.8 Å². The highest BCUT2D eigenvalue weighted by Crippen LogP contribution is 2.41. The second-order valence-electron chi connectivity index (χ2n) is 7.83. The number of aromatic nitrogens is 1. The molecule has 0 atom stereocenters. The van der Waals surface area contributed by atoms with Crippen LogP contribution in [-0.4, -0.2) is 16.1 Å². The number of rotatable bonds is 5. The van der Waals surface area contributed by atoms with Crippen LogP contribution in [0.4, 0.5) is 0 Å². The molecule has 0 saturated heterocycles. The van der Waals surface area contributed by atoms with Gasteiger partial charge in [0.05, 0.1) is 10.6 Å². The number of halogens is 1.